The summed E-state index contributed by atoms with van der Waals surface area (Å²) in [5.74, 6) is 0.774. The van der Waals surface area contributed by atoms with Crippen molar-refractivity contribution in [3.63, 3.8) is 0 Å². The molecule has 1 unspecified atom stereocenters. The van der Waals surface area contributed by atoms with Crippen LogP contribution in [-0.2, 0) is 18.4 Å². The van der Waals surface area contributed by atoms with Crippen molar-refractivity contribution >= 4 is 71.2 Å². The molecule has 1 aromatic heterocycles. The van der Waals surface area contributed by atoms with Gasteiger partial charge in [0.25, 0.3) is 0 Å². The number of aliphatic imine (C=N–C) groups is 1. The van der Waals surface area contributed by atoms with Crippen LogP contribution in [0, 0.1) is 0 Å². The number of benzene rings is 7. The van der Waals surface area contributed by atoms with Gasteiger partial charge in [-0.2, -0.15) is 0 Å². The van der Waals surface area contributed by atoms with Gasteiger partial charge in [0.1, 0.15) is 5.69 Å². The van der Waals surface area contributed by atoms with Gasteiger partial charge >= 0.3 is 0 Å². The summed E-state index contributed by atoms with van der Waals surface area (Å²) < 4.78 is 9.49. The third-order valence-electron chi connectivity index (χ3n) is 12.1. The van der Waals surface area contributed by atoms with Crippen molar-refractivity contribution in [2.45, 2.75) is 38.0 Å². The molecule has 11 rings (SSSR count). The fourth-order valence-electron chi connectivity index (χ4n) is 9.23. The summed E-state index contributed by atoms with van der Waals surface area (Å²) in [6, 6.07) is 51.1. The number of para-hydroxylation sites is 2. The van der Waals surface area contributed by atoms with Gasteiger partial charge in [-0.1, -0.05) is 97.1 Å². The Morgan fingerprint density at radius 3 is 2.25 bits per heavy atom. The van der Waals surface area contributed by atoms with Gasteiger partial charge in [0.15, 0.2) is 11.2 Å². The Labute approximate surface area is 323 Å². The zero-order valence-corrected chi connectivity index (χ0v) is 31.4. The first kappa shape index (κ1) is 32.2. The molecule has 0 saturated carbocycles. The van der Waals surface area contributed by atoms with E-state index in [2.05, 4.69) is 151 Å². The molecular formula is C49H37N3O2S. The summed E-state index contributed by atoms with van der Waals surface area (Å²) in [7, 11) is 0. The highest BCUT2D eigenvalue weighted by atomic mass is 32.1. The van der Waals surface area contributed by atoms with Gasteiger partial charge < -0.3 is 14.5 Å². The summed E-state index contributed by atoms with van der Waals surface area (Å²) >= 11 is 1.66. The third-order valence-corrected chi connectivity index (χ3v) is 13.3. The minimum atomic E-state index is -0.861. The molecule has 0 amide bonds. The molecule has 0 bridgehead atoms. The summed E-state index contributed by atoms with van der Waals surface area (Å²) in [5, 5.41) is 3.66. The third kappa shape index (κ3) is 4.71. The number of ether oxygens (including phenoxy) is 1. The molecule has 0 radical (unpaired) electrons. The van der Waals surface area contributed by atoms with Crippen LogP contribution in [0.4, 0.5) is 22.7 Å². The van der Waals surface area contributed by atoms with Gasteiger partial charge in [0, 0.05) is 61.5 Å². The average Bonchev–Trinajstić information content (AvgIpc) is 3.73. The molecule has 0 aliphatic carbocycles. The Hall–Kier alpha value is -6.24. The summed E-state index contributed by atoms with van der Waals surface area (Å²) in [4.78, 5) is 23.9. The first-order valence-corrected chi connectivity index (χ1v) is 19.8. The maximum Gasteiger partial charge on any atom is 0.229 e. The zero-order chi connectivity index (χ0) is 36.9. The Balaban J connectivity index is 1.10. The van der Waals surface area contributed by atoms with Crippen molar-refractivity contribution in [1.29, 1.82) is 0 Å². The smallest absolute Gasteiger partial charge is 0.229 e. The van der Waals surface area contributed by atoms with Crippen LogP contribution in [-0.4, -0.2) is 18.5 Å². The quantitative estimate of drug-likeness (QED) is 0.169. The topological polar surface area (TPSA) is 45.1 Å². The van der Waals surface area contributed by atoms with Gasteiger partial charge in [0.2, 0.25) is 5.72 Å². The van der Waals surface area contributed by atoms with Crippen LogP contribution in [0.15, 0.2) is 155 Å². The fourth-order valence-corrected chi connectivity index (χ4v) is 10.3. The lowest BCUT2D eigenvalue weighted by molar-refractivity contribution is 0.0765. The van der Waals surface area contributed by atoms with E-state index in [-0.39, 0.29) is 5.43 Å². The Kier molecular flexibility index (Phi) is 6.96. The van der Waals surface area contributed by atoms with Gasteiger partial charge in [0.05, 0.1) is 17.3 Å². The molecule has 3 aliphatic rings. The number of fused-ring (bicyclic) bond motifs is 7. The molecule has 1 atom stereocenters. The van der Waals surface area contributed by atoms with Gasteiger partial charge in [-0.15, -0.1) is 11.3 Å². The Morgan fingerprint density at radius 2 is 1.38 bits per heavy atom. The number of rotatable bonds is 4. The molecule has 8 aromatic rings. The van der Waals surface area contributed by atoms with Gasteiger partial charge in [-0.05, 0) is 90.6 Å². The number of hydrogen-bond donors (Lipinski definition) is 0. The lowest BCUT2D eigenvalue weighted by atomic mass is 9.77. The molecule has 7 aromatic carbocycles. The van der Waals surface area contributed by atoms with Crippen molar-refractivity contribution in [1.82, 2.24) is 0 Å². The molecule has 0 fully saturated rings. The van der Waals surface area contributed by atoms with Crippen LogP contribution < -0.4 is 20.0 Å². The highest BCUT2D eigenvalue weighted by molar-refractivity contribution is 7.24. The SMILES string of the molecule is CC1(C)c2ccccc2N(Cc2ccccc2)C12C=Nc1c(cc(N3CCc4ccccc43)c3cc(-c4ccc5sc6ccccc6c(=O)c5c4)ccc13)O2. The van der Waals surface area contributed by atoms with E-state index >= 15 is 0 Å². The summed E-state index contributed by atoms with van der Waals surface area (Å²) in [5.41, 5.74) is 8.97. The maximum absolute atomic E-state index is 13.7. The summed E-state index contributed by atoms with van der Waals surface area (Å²) in [6.07, 6.45) is 3.03. The average molecular weight is 732 g/mol. The fraction of sp³-hybridized carbons (Fsp3) is 0.143. The predicted molar refractivity (Wildman–Crippen MR) is 229 cm³/mol. The largest absolute Gasteiger partial charge is 0.459 e. The number of anilines is 3. The van der Waals surface area contributed by atoms with E-state index in [0.717, 1.165) is 77.8 Å². The first-order chi connectivity index (χ1) is 26.9. The minimum Gasteiger partial charge on any atom is -0.459 e. The molecule has 6 heteroatoms. The number of nitrogens with zero attached hydrogens (tertiary/aromatic N) is 3. The van der Waals surface area contributed by atoms with Crippen molar-refractivity contribution in [3.05, 3.63) is 173 Å². The lowest BCUT2D eigenvalue weighted by Gasteiger charge is -2.46. The minimum absolute atomic E-state index is 0.0779. The molecule has 1 spiro atoms. The Bertz CT molecular complexity index is 2970. The van der Waals surface area contributed by atoms with E-state index in [4.69, 9.17) is 9.73 Å². The molecule has 4 heterocycles. The zero-order valence-electron chi connectivity index (χ0n) is 30.6. The van der Waals surface area contributed by atoms with E-state index in [0.29, 0.717) is 6.54 Å². The predicted octanol–water partition coefficient (Wildman–Crippen LogP) is 11.7. The lowest BCUT2D eigenvalue weighted by Crippen LogP contribution is -2.61. The second-order valence-corrected chi connectivity index (χ2v) is 16.5. The van der Waals surface area contributed by atoms with Crippen LogP contribution in [0.1, 0.15) is 30.5 Å². The van der Waals surface area contributed by atoms with E-state index < -0.39 is 11.1 Å². The molecule has 0 N–H and O–H groups in total. The van der Waals surface area contributed by atoms with Crippen LogP contribution in [0.2, 0.25) is 0 Å². The first-order valence-electron chi connectivity index (χ1n) is 19.0. The van der Waals surface area contributed by atoms with Crippen LogP contribution >= 0.6 is 11.3 Å². The Morgan fingerprint density at radius 1 is 0.673 bits per heavy atom. The van der Waals surface area contributed by atoms with Crippen molar-refractivity contribution in [2.24, 2.45) is 4.99 Å². The van der Waals surface area contributed by atoms with E-state index in [1.165, 1.54) is 22.4 Å². The standard InChI is InChI=1S/C49H37N3O2S/c1-48(2)39-16-8-10-18-41(39)52(29-31-12-4-3-5-13-31)49(48)30-50-46-35-22-20-33(34-21-23-45-38(27-34)47(53)36-15-7-11-19-44(36)55-45)26-37(35)42(28-43(46)54-49)51-25-24-32-14-6-9-17-40(32)51/h3-23,26-28,30H,24-25,29H2,1-2H3. The highest BCUT2D eigenvalue weighted by Crippen LogP contribution is 2.57. The van der Waals surface area contributed by atoms with E-state index in [1.54, 1.807) is 11.3 Å². The maximum atomic E-state index is 13.7. The van der Waals surface area contributed by atoms with Gasteiger partial charge in [-0.25, -0.2) is 0 Å². The number of hydrogen-bond acceptors (Lipinski definition) is 6. The summed E-state index contributed by atoms with van der Waals surface area (Å²) in [6.45, 7) is 6.10. The molecule has 55 heavy (non-hydrogen) atoms. The van der Waals surface area contributed by atoms with Crippen molar-refractivity contribution < 1.29 is 4.74 Å². The molecule has 5 nitrogen and oxygen atoms in total. The van der Waals surface area contributed by atoms with Crippen LogP contribution in [0.3, 0.4) is 0 Å². The van der Waals surface area contributed by atoms with Crippen molar-refractivity contribution in [2.75, 3.05) is 16.3 Å². The second-order valence-electron chi connectivity index (χ2n) is 15.4. The molecule has 3 aliphatic heterocycles. The van der Waals surface area contributed by atoms with Crippen LogP contribution in [0.5, 0.6) is 5.75 Å². The van der Waals surface area contributed by atoms with Gasteiger partial charge in [-0.3, -0.25) is 9.79 Å². The normalized spacial score (nSPS) is 17.9. The molecule has 0 saturated heterocycles. The molecular weight excluding hydrogens is 695 g/mol. The second kappa shape index (κ2) is 11.9. The van der Waals surface area contributed by atoms with Crippen molar-refractivity contribution in [3.8, 4) is 16.9 Å². The molecule has 266 valence electrons. The van der Waals surface area contributed by atoms with E-state index in [9.17, 15) is 4.79 Å². The van der Waals surface area contributed by atoms with Crippen LogP contribution in [0.25, 0.3) is 42.1 Å². The van der Waals surface area contributed by atoms with E-state index in [1.807, 2.05) is 24.3 Å². The monoisotopic (exact) mass is 731 g/mol. The highest BCUT2D eigenvalue weighted by Gasteiger charge is 2.59.